The standard InChI is InChI=1S/C23H30N8O2/c1-15(2)23(3,20-28-22(33-30-20)27-12-16-8-10-32-11-9-16)19-6-4-17(5-7-19)18-13-25-21(26-14-18)29-31-24/h4-7,13-16H,8-12H2,1-3H3,(H,27,28,30)(H2,24,25,26,29). The lowest BCUT2D eigenvalue weighted by atomic mass is 9.72. The molecule has 0 amide bonds. The first-order valence-electron chi connectivity index (χ1n) is 11.2. The molecule has 0 saturated carbocycles. The van der Waals surface area contributed by atoms with E-state index in [-0.39, 0.29) is 11.9 Å². The molecule has 3 aromatic rings. The summed E-state index contributed by atoms with van der Waals surface area (Å²) >= 11 is 0. The number of nitrogens with zero attached hydrogens (tertiary/aromatic N) is 6. The molecule has 0 aliphatic carbocycles. The first kappa shape index (κ1) is 22.8. The van der Waals surface area contributed by atoms with Crippen molar-refractivity contribution in [2.24, 2.45) is 28.0 Å². The molecule has 33 heavy (non-hydrogen) atoms. The number of rotatable bonds is 8. The molecule has 1 saturated heterocycles. The van der Waals surface area contributed by atoms with Gasteiger partial charge in [-0.2, -0.15) is 4.98 Å². The van der Waals surface area contributed by atoms with Crippen LogP contribution < -0.4 is 11.2 Å². The Morgan fingerprint density at radius 3 is 2.45 bits per heavy atom. The van der Waals surface area contributed by atoms with Crippen LogP contribution >= 0.6 is 0 Å². The van der Waals surface area contributed by atoms with Crippen molar-refractivity contribution in [3.8, 4) is 11.1 Å². The quantitative estimate of drug-likeness (QED) is 0.295. The lowest BCUT2D eigenvalue weighted by molar-refractivity contribution is 0.0697. The van der Waals surface area contributed by atoms with E-state index in [0.717, 1.165) is 49.3 Å². The van der Waals surface area contributed by atoms with Gasteiger partial charge in [0.25, 0.3) is 5.95 Å². The van der Waals surface area contributed by atoms with Gasteiger partial charge in [-0.15, -0.1) is 0 Å². The zero-order chi connectivity index (χ0) is 23.3. The van der Waals surface area contributed by atoms with Crippen molar-refractivity contribution in [2.75, 3.05) is 25.1 Å². The summed E-state index contributed by atoms with van der Waals surface area (Å²) in [6.07, 6.45) is 5.50. The maximum atomic E-state index is 5.55. The topological polar surface area (TPSA) is 137 Å². The summed E-state index contributed by atoms with van der Waals surface area (Å²) < 4.78 is 11.0. The van der Waals surface area contributed by atoms with Crippen LogP contribution in [0.15, 0.2) is 51.5 Å². The van der Waals surface area contributed by atoms with Crippen molar-refractivity contribution in [1.82, 2.24) is 20.1 Å². The monoisotopic (exact) mass is 450 g/mol. The lowest BCUT2D eigenvalue weighted by Gasteiger charge is -2.31. The van der Waals surface area contributed by atoms with E-state index < -0.39 is 5.41 Å². The molecule has 1 aromatic carbocycles. The molecule has 2 aromatic heterocycles. The predicted molar refractivity (Wildman–Crippen MR) is 124 cm³/mol. The van der Waals surface area contributed by atoms with Gasteiger partial charge in [-0.05, 0) is 42.7 Å². The minimum absolute atomic E-state index is 0.226. The van der Waals surface area contributed by atoms with Crippen LogP contribution in [0.1, 0.15) is 45.0 Å². The Morgan fingerprint density at radius 2 is 1.82 bits per heavy atom. The molecule has 10 heteroatoms. The molecular weight excluding hydrogens is 420 g/mol. The van der Waals surface area contributed by atoms with Gasteiger partial charge in [0.2, 0.25) is 0 Å². The fourth-order valence-electron chi connectivity index (χ4n) is 3.99. The molecule has 0 radical (unpaired) electrons. The van der Waals surface area contributed by atoms with Gasteiger partial charge in [0.1, 0.15) is 0 Å². The number of hydrogen-bond acceptors (Lipinski definition) is 9. The van der Waals surface area contributed by atoms with E-state index in [0.29, 0.717) is 17.8 Å². The van der Waals surface area contributed by atoms with Gasteiger partial charge in [-0.1, -0.05) is 53.6 Å². The molecule has 1 fully saturated rings. The van der Waals surface area contributed by atoms with Crippen molar-refractivity contribution in [2.45, 2.75) is 39.0 Å². The van der Waals surface area contributed by atoms with Crippen LogP contribution in [0.5, 0.6) is 0 Å². The molecule has 1 aliphatic heterocycles. The van der Waals surface area contributed by atoms with Crippen LogP contribution in [0.4, 0.5) is 12.0 Å². The van der Waals surface area contributed by atoms with Gasteiger partial charge in [0, 0.05) is 37.7 Å². The number of nitrogens with two attached hydrogens (primary N) is 1. The first-order valence-corrected chi connectivity index (χ1v) is 11.2. The Hall–Kier alpha value is -3.40. The highest BCUT2D eigenvalue weighted by molar-refractivity contribution is 5.62. The zero-order valence-corrected chi connectivity index (χ0v) is 19.2. The molecule has 1 unspecified atom stereocenters. The first-order chi connectivity index (χ1) is 16.0. The third-order valence-corrected chi connectivity index (χ3v) is 6.53. The molecule has 0 bridgehead atoms. The average Bonchev–Trinajstić information content (AvgIpc) is 3.33. The maximum Gasteiger partial charge on any atom is 0.321 e. The van der Waals surface area contributed by atoms with Crippen molar-refractivity contribution in [3.05, 3.63) is 48.0 Å². The van der Waals surface area contributed by atoms with Crippen molar-refractivity contribution in [1.29, 1.82) is 0 Å². The number of benzene rings is 1. The summed E-state index contributed by atoms with van der Waals surface area (Å²) in [5.74, 6) is 6.74. The van der Waals surface area contributed by atoms with E-state index in [1.807, 2.05) is 12.1 Å². The molecule has 10 nitrogen and oxygen atoms in total. The van der Waals surface area contributed by atoms with Gasteiger partial charge in [-0.3, -0.25) is 0 Å². The number of aromatic nitrogens is 4. The van der Waals surface area contributed by atoms with Crippen molar-refractivity contribution < 1.29 is 9.26 Å². The van der Waals surface area contributed by atoms with E-state index >= 15 is 0 Å². The second-order valence-corrected chi connectivity index (χ2v) is 8.78. The van der Waals surface area contributed by atoms with Crippen LogP contribution in [-0.4, -0.2) is 39.9 Å². The number of nitrogens with one attached hydrogen (secondary N) is 1. The third kappa shape index (κ3) is 5.00. The highest BCUT2D eigenvalue weighted by Crippen LogP contribution is 2.38. The molecule has 174 valence electrons. The normalized spacial score (nSPS) is 16.8. The third-order valence-electron chi connectivity index (χ3n) is 6.53. The van der Waals surface area contributed by atoms with Crippen LogP contribution in [0.25, 0.3) is 11.1 Å². The Balaban J connectivity index is 1.51. The van der Waals surface area contributed by atoms with Gasteiger partial charge < -0.3 is 20.4 Å². The van der Waals surface area contributed by atoms with Gasteiger partial charge in [-0.25, -0.2) is 9.97 Å². The van der Waals surface area contributed by atoms with Crippen molar-refractivity contribution in [3.63, 3.8) is 0 Å². The summed E-state index contributed by atoms with van der Waals surface area (Å²) in [6.45, 7) is 8.92. The molecule has 1 atom stereocenters. The van der Waals surface area contributed by atoms with Crippen LogP contribution in [0, 0.1) is 11.8 Å². The highest BCUT2D eigenvalue weighted by Gasteiger charge is 2.37. The second kappa shape index (κ2) is 10.0. The smallest absolute Gasteiger partial charge is 0.321 e. The largest absolute Gasteiger partial charge is 0.381 e. The summed E-state index contributed by atoms with van der Waals surface area (Å²) in [5, 5.41) is 14.5. The molecule has 4 rings (SSSR count). The fourth-order valence-corrected chi connectivity index (χ4v) is 3.99. The summed E-state index contributed by atoms with van der Waals surface area (Å²) in [4.78, 5) is 13.0. The van der Waals surface area contributed by atoms with Crippen LogP contribution in [-0.2, 0) is 10.2 Å². The Morgan fingerprint density at radius 1 is 1.12 bits per heavy atom. The maximum absolute atomic E-state index is 5.55. The Labute approximate surface area is 193 Å². The Bertz CT molecular complexity index is 1060. The predicted octanol–water partition coefficient (Wildman–Crippen LogP) is 4.28. The fraction of sp³-hybridized carbons (Fsp3) is 0.478. The van der Waals surface area contributed by atoms with E-state index in [1.54, 1.807) is 12.4 Å². The molecule has 3 heterocycles. The SMILES string of the molecule is CC(C)C(C)(c1ccc(-c2cnc(N=NN)nc2)cc1)c1noc(NCC2CCOCC2)n1. The lowest BCUT2D eigenvalue weighted by Crippen LogP contribution is -2.31. The number of ether oxygens (including phenoxy) is 1. The molecular formula is C23H30N8O2. The van der Waals surface area contributed by atoms with E-state index in [9.17, 15) is 0 Å². The molecule has 0 spiro atoms. The Kier molecular flexibility index (Phi) is 6.93. The van der Waals surface area contributed by atoms with Gasteiger partial charge >= 0.3 is 6.01 Å². The summed E-state index contributed by atoms with van der Waals surface area (Å²) in [7, 11) is 0. The van der Waals surface area contributed by atoms with E-state index in [2.05, 4.69) is 63.7 Å². The minimum atomic E-state index is -0.414. The molecule has 3 N–H and O–H groups in total. The molecule has 1 aliphatic rings. The summed E-state index contributed by atoms with van der Waals surface area (Å²) in [5.41, 5.74) is 2.56. The van der Waals surface area contributed by atoms with E-state index in [1.165, 1.54) is 0 Å². The highest BCUT2D eigenvalue weighted by atomic mass is 16.5. The number of hydrogen-bond donors (Lipinski definition) is 2. The van der Waals surface area contributed by atoms with Crippen molar-refractivity contribution >= 4 is 12.0 Å². The van der Waals surface area contributed by atoms with Gasteiger partial charge in [0.05, 0.1) is 5.41 Å². The van der Waals surface area contributed by atoms with E-state index in [4.69, 9.17) is 20.1 Å². The van der Waals surface area contributed by atoms with Crippen LogP contribution in [0.2, 0.25) is 0 Å². The van der Waals surface area contributed by atoms with Gasteiger partial charge in [0.15, 0.2) is 5.82 Å². The average molecular weight is 451 g/mol. The van der Waals surface area contributed by atoms with Crippen LogP contribution in [0.3, 0.4) is 0 Å². The zero-order valence-electron chi connectivity index (χ0n) is 19.2. The second-order valence-electron chi connectivity index (χ2n) is 8.78. The number of anilines is 1. The summed E-state index contributed by atoms with van der Waals surface area (Å²) in [6, 6.07) is 8.74. The minimum Gasteiger partial charge on any atom is -0.381 e.